The van der Waals surface area contributed by atoms with Gasteiger partial charge in [-0.15, -0.1) is 0 Å². The monoisotopic (exact) mass is 272 g/mol. The average Bonchev–Trinajstić information content (AvgIpc) is 2.21. The normalized spacial score (nSPS) is 12.2. The number of nitrogens with two attached hydrogens (primary N) is 1. The van der Waals surface area contributed by atoms with E-state index < -0.39 is 0 Å². The summed E-state index contributed by atoms with van der Waals surface area (Å²) >= 11 is 3.24. The second kappa shape index (κ2) is 5.14. The zero-order valence-electron chi connectivity index (χ0n) is 8.33. The minimum absolute atomic E-state index is 0.0815. The molecule has 1 rings (SSSR count). The molecule has 4 nitrogen and oxygen atoms in total. The Hall–Kier alpha value is -1.07. The molecule has 0 aliphatic heterocycles. The Morgan fingerprint density at radius 3 is 2.87 bits per heavy atom. The standard InChI is InChI=1S/C10H13BrN2O2/c1-6(5-14)13-10(15)7-2-3-9(12)8(11)4-7/h2-4,6,14H,5,12H2,1H3,(H,13,15). The molecule has 82 valence electrons. The third-order valence-corrected chi connectivity index (χ3v) is 2.60. The van der Waals surface area contributed by atoms with Gasteiger partial charge in [0.15, 0.2) is 0 Å². The summed E-state index contributed by atoms with van der Waals surface area (Å²) in [6.45, 7) is 1.64. The third kappa shape index (κ3) is 3.21. The van der Waals surface area contributed by atoms with Gasteiger partial charge in [-0.1, -0.05) is 0 Å². The highest BCUT2D eigenvalue weighted by atomic mass is 79.9. The zero-order chi connectivity index (χ0) is 11.4. The van der Waals surface area contributed by atoms with Crippen LogP contribution >= 0.6 is 15.9 Å². The van der Waals surface area contributed by atoms with Crippen molar-refractivity contribution < 1.29 is 9.90 Å². The predicted molar refractivity (Wildman–Crippen MR) is 62.6 cm³/mol. The van der Waals surface area contributed by atoms with Crippen molar-refractivity contribution in [3.8, 4) is 0 Å². The van der Waals surface area contributed by atoms with Crippen LogP contribution in [0, 0.1) is 0 Å². The van der Waals surface area contributed by atoms with Crippen LogP contribution in [0.1, 0.15) is 17.3 Å². The maximum atomic E-state index is 11.6. The lowest BCUT2D eigenvalue weighted by Crippen LogP contribution is -2.34. The van der Waals surface area contributed by atoms with Crippen molar-refractivity contribution in [3.05, 3.63) is 28.2 Å². The Bertz CT molecular complexity index is 368. The molecule has 1 unspecified atom stereocenters. The van der Waals surface area contributed by atoms with Gasteiger partial charge < -0.3 is 16.2 Å². The average molecular weight is 273 g/mol. The number of nitrogens with one attached hydrogen (secondary N) is 1. The van der Waals surface area contributed by atoms with Crippen LogP contribution < -0.4 is 11.1 Å². The number of halogens is 1. The van der Waals surface area contributed by atoms with E-state index in [1.807, 2.05) is 0 Å². The minimum atomic E-state index is -0.256. The van der Waals surface area contributed by atoms with Crippen LogP contribution in [0.25, 0.3) is 0 Å². The van der Waals surface area contributed by atoms with Gasteiger partial charge in [-0.3, -0.25) is 4.79 Å². The summed E-state index contributed by atoms with van der Waals surface area (Å²) in [6, 6.07) is 4.69. The van der Waals surface area contributed by atoms with E-state index in [9.17, 15) is 4.79 Å². The van der Waals surface area contributed by atoms with Gasteiger partial charge in [0.2, 0.25) is 0 Å². The molecule has 1 aromatic rings. The first-order valence-corrected chi connectivity index (χ1v) is 5.30. The van der Waals surface area contributed by atoms with Gasteiger partial charge in [-0.2, -0.15) is 0 Å². The Morgan fingerprint density at radius 2 is 2.33 bits per heavy atom. The van der Waals surface area contributed by atoms with Gasteiger partial charge >= 0.3 is 0 Å². The summed E-state index contributed by atoms with van der Waals surface area (Å²) in [5.41, 5.74) is 6.69. The third-order valence-electron chi connectivity index (χ3n) is 1.91. The van der Waals surface area contributed by atoms with Gasteiger partial charge in [-0.25, -0.2) is 0 Å². The molecule has 0 saturated carbocycles. The highest BCUT2D eigenvalue weighted by Crippen LogP contribution is 2.20. The van der Waals surface area contributed by atoms with Crippen molar-refractivity contribution >= 4 is 27.5 Å². The number of hydrogen-bond donors (Lipinski definition) is 3. The Labute approximate surface area is 96.6 Å². The van der Waals surface area contributed by atoms with E-state index in [4.69, 9.17) is 10.8 Å². The Balaban J connectivity index is 2.78. The van der Waals surface area contributed by atoms with E-state index in [-0.39, 0.29) is 18.6 Å². The maximum Gasteiger partial charge on any atom is 0.251 e. The predicted octanol–water partition coefficient (Wildman–Crippen LogP) is 1.14. The van der Waals surface area contributed by atoms with E-state index >= 15 is 0 Å². The summed E-state index contributed by atoms with van der Waals surface area (Å²) in [7, 11) is 0. The molecule has 5 heteroatoms. The number of nitrogen functional groups attached to an aromatic ring is 1. The molecule has 15 heavy (non-hydrogen) atoms. The fraction of sp³-hybridized carbons (Fsp3) is 0.300. The number of aliphatic hydroxyl groups is 1. The van der Waals surface area contributed by atoms with Crippen LogP contribution in [0.3, 0.4) is 0 Å². The van der Waals surface area contributed by atoms with Crippen LogP contribution in [0.2, 0.25) is 0 Å². The number of benzene rings is 1. The minimum Gasteiger partial charge on any atom is -0.398 e. The molecule has 0 spiro atoms. The molecule has 0 radical (unpaired) electrons. The SMILES string of the molecule is CC(CO)NC(=O)c1ccc(N)c(Br)c1. The summed E-state index contributed by atoms with van der Waals surface area (Å²) in [5.74, 6) is -0.225. The number of rotatable bonds is 3. The molecule has 1 amide bonds. The Kier molecular flexibility index (Phi) is 4.11. The van der Waals surface area contributed by atoms with Gasteiger partial charge in [0, 0.05) is 21.8 Å². The maximum absolute atomic E-state index is 11.6. The molecule has 4 N–H and O–H groups in total. The van der Waals surface area contributed by atoms with E-state index in [1.54, 1.807) is 25.1 Å². The van der Waals surface area contributed by atoms with Gasteiger partial charge in [0.1, 0.15) is 0 Å². The number of aliphatic hydroxyl groups excluding tert-OH is 1. The van der Waals surface area contributed by atoms with Crippen LogP contribution in [-0.2, 0) is 0 Å². The topological polar surface area (TPSA) is 75.3 Å². The van der Waals surface area contributed by atoms with Crippen LogP contribution in [0.4, 0.5) is 5.69 Å². The van der Waals surface area contributed by atoms with E-state index in [0.29, 0.717) is 15.7 Å². The second-order valence-corrected chi connectivity index (χ2v) is 4.15. The van der Waals surface area contributed by atoms with Crippen LogP contribution in [0.5, 0.6) is 0 Å². The summed E-state index contributed by atoms with van der Waals surface area (Å²) < 4.78 is 0.687. The first kappa shape index (κ1) is 12.0. The van der Waals surface area contributed by atoms with Crippen molar-refractivity contribution in [2.24, 2.45) is 0 Å². The number of carbonyl (C=O) groups is 1. The summed E-state index contributed by atoms with van der Waals surface area (Å²) in [4.78, 5) is 11.6. The fourth-order valence-corrected chi connectivity index (χ4v) is 1.40. The van der Waals surface area contributed by atoms with Crippen molar-refractivity contribution in [3.63, 3.8) is 0 Å². The summed E-state index contributed by atoms with van der Waals surface area (Å²) in [5, 5.41) is 11.4. The molecule has 1 atom stereocenters. The lowest BCUT2D eigenvalue weighted by molar-refractivity contribution is 0.0922. The van der Waals surface area contributed by atoms with E-state index in [1.165, 1.54) is 0 Å². The molecule has 0 aromatic heterocycles. The number of hydrogen-bond acceptors (Lipinski definition) is 3. The number of carbonyl (C=O) groups excluding carboxylic acids is 1. The lowest BCUT2D eigenvalue weighted by atomic mass is 10.2. The van der Waals surface area contributed by atoms with Crippen LogP contribution in [-0.4, -0.2) is 23.7 Å². The van der Waals surface area contributed by atoms with Crippen molar-refractivity contribution in [2.45, 2.75) is 13.0 Å². The molecule has 0 fully saturated rings. The first-order chi connectivity index (χ1) is 7.04. The second-order valence-electron chi connectivity index (χ2n) is 3.29. The van der Waals surface area contributed by atoms with Crippen molar-refractivity contribution in [1.29, 1.82) is 0 Å². The smallest absolute Gasteiger partial charge is 0.251 e. The molecule has 1 aromatic carbocycles. The van der Waals surface area contributed by atoms with E-state index in [2.05, 4.69) is 21.2 Å². The quantitative estimate of drug-likeness (QED) is 0.723. The van der Waals surface area contributed by atoms with Gasteiger partial charge in [0.25, 0.3) is 5.91 Å². The molecule has 0 aliphatic rings. The van der Waals surface area contributed by atoms with Gasteiger partial charge in [0.05, 0.1) is 6.61 Å². The number of amides is 1. The van der Waals surface area contributed by atoms with Crippen molar-refractivity contribution in [1.82, 2.24) is 5.32 Å². The molecule has 0 saturated heterocycles. The van der Waals surface area contributed by atoms with Crippen LogP contribution in [0.15, 0.2) is 22.7 Å². The molecule has 0 bridgehead atoms. The molecule has 0 heterocycles. The first-order valence-electron chi connectivity index (χ1n) is 4.51. The lowest BCUT2D eigenvalue weighted by Gasteiger charge is -2.11. The molecular formula is C10H13BrN2O2. The summed E-state index contributed by atoms with van der Waals surface area (Å²) in [6.07, 6.45) is 0. The van der Waals surface area contributed by atoms with E-state index in [0.717, 1.165) is 0 Å². The van der Waals surface area contributed by atoms with Gasteiger partial charge in [-0.05, 0) is 41.1 Å². The highest BCUT2D eigenvalue weighted by Gasteiger charge is 2.09. The fourth-order valence-electron chi connectivity index (χ4n) is 1.02. The highest BCUT2D eigenvalue weighted by molar-refractivity contribution is 9.10. The molecular weight excluding hydrogens is 260 g/mol. The largest absolute Gasteiger partial charge is 0.398 e. The van der Waals surface area contributed by atoms with Crippen molar-refractivity contribution in [2.75, 3.05) is 12.3 Å². The Morgan fingerprint density at radius 1 is 1.67 bits per heavy atom. The zero-order valence-corrected chi connectivity index (χ0v) is 9.91. The number of anilines is 1. The molecule has 0 aliphatic carbocycles.